The first-order chi connectivity index (χ1) is 9.74. The van der Waals surface area contributed by atoms with Crippen molar-refractivity contribution < 1.29 is 9.84 Å². The molecule has 1 N–H and O–H groups in total. The van der Waals surface area contributed by atoms with E-state index in [0.717, 1.165) is 29.7 Å². The minimum atomic E-state index is -0.514. The molecule has 2 atom stereocenters. The van der Waals surface area contributed by atoms with E-state index in [1.165, 1.54) is 0 Å². The van der Waals surface area contributed by atoms with Gasteiger partial charge in [0.25, 0.3) is 0 Å². The summed E-state index contributed by atoms with van der Waals surface area (Å²) in [5.41, 5.74) is 2.06. The first-order valence-corrected chi connectivity index (χ1v) is 7.23. The third-order valence-corrected chi connectivity index (χ3v) is 3.83. The maximum atomic E-state index is 10.6. The van der Waals surface area contributed by atoms with E-state index in [9.17, 15) is 5.11 Å². The quantitative estimate of drug-likeness (QED) is 0.886. The van der Waals surface area contributed by atoms with Gasteiger partial charge in [-0.2, -0.15) is 0 Å². The highest BCUT2D eigenvalue weighted by atomic mass is 16.5. The van der Waals surface area contributed by atoms with E-state index in [-0.39, 0.29) is 5.92 Å². The van der Waals surface area contributed by atoms with Gasteiger partial charge in [0.15, 0.2) is 0 Å². The van der Waals surface area contributed by atoms with Crippen LogP contribution in [0.3, 0.4) is 0 Å². The van der Waals surface area contributed by atoms with E-state index in [0.29, 0.717) is 6.10 Å². The van der Waals surface area contributed by atoms with Crippen molar-refractivity contribution in [2.75, 3.05) is 0 Å². The van der Waals surface area contributed by atoms with Gasteiger partial charge in [0.1, 0.15) is 5.75 Å². The summed E-state index contributed by atoms with van der Waals surface area (Å²) in [6.07, 6.45) is 2.16. The molecule has 0 aromatic heterocycles. The Balaban J connectivity index is 1.77. The third-order valence-electron chi connectivity index (χ3n) is 3.83. The predicted octanol–water partition coefficient (Wildman–Crippen LogP) is 4.06. The predicted molar refractivity (Wildman–Crippen MR) is 79.9 cm³/mol. The number of hydrogen-bond donors (Lipinski definition) is 1. The molecular weight excluding hydrogens is 248 g/mol. The van der Waals surface area contributed by atoms with Crippen molar-refractivity contribution in [3.63, 3.8) is 0 Å². The lowest BCUT2D eigenvalue weighted by Crippen LogP contribution is -2.08. The Bertz CT molecular complexity index is 561. The molecule has 3 rings (SSSR count). The molecule has 1 fully saturated rings. The average Bonchev–Trinajstić information content (AvgIpc) is 3.31. The summed E-state index contributed by atoms with van der Waals surface area (Å²) in [6.45, 7) is 2.05. The van der Waals surface area contributed by atoms with Crippen molar-refractivity contribution in [3.8, 4) is 5.75 Å². The summed E-state index contributed by atoms with van der Waals surface area (Å²) in [4.78, 5) is 0. The Kier molecular flexibility index (Phi) is 3.75. The van der Waals surface area contributed by atoms with Gasteiger partial charge in [-0.3, -0.25) is 0 Å². The Hall–Kier alpha value is -1.80. The van der Waals surface area contributed by atoms with Gasteiger partial charge in [-0.25, -0.2) is 0 Å². The lowest BCUT2D eigenvalue weighted by Gasteiger charge is -2.20. The molecular formula is C18H20O2. The van der Waals surface area contributed by atoms with Crippen molar-refractivity contribution in [3.05, 3.63) is 65.7 Å². The summed E-state index contributed by atoms with van der Waals surface area (Å²) in [6, 6.07) is 17.9. The fourth-order valence-corrected chi connectivity index (χ4v) is 2.38. The van der Waals surface area contributed by atoms with E-state index in [1.54, 1.807) is 0 Å². The van der Waals surface area contributed by atoms with Crippen LogP contribution in [0.5, 0.6) is 5.75 Å². The number of hydrogen-bond acceptors (Lipinski definition) is 2. The standard InChI is InChI=1S/C18H20O2/c1-13(14-6-3-2-4-7-14)18(19)15-8-5-9-17(12-15)20-16-10-11-16/h2-9,12-13,16,18-19H,10-11H2,1H3. The summed E-state index contributed by atoms with van der Waals surface area (Å²) >= 11 is 0. The minimum absolute atomic E-state index is 0.0624. The van der Waals surface area contributed by atoms with Crippen LogP contribution in [0.15, 0.2) is 54.6 Å². The summed E-state index contributed by atoms with van der Waals surface area (Å²) in [5.74, 6) is 0.927. The number of ether oxygens (including phenoxy) is 1. The Labute approximate surface area is 120 Å². The van der Waals surface area contributed by atoms with Crippen LogP contribution >= 0.6 is 0 Å². The Morgan fingerprint density at radius 1 is 1.00 bits per heavy atom. The Morgan fingerprint density at radius 2 is 1.70 bits per heavy atom. The van der Waals surface area contributed by atoms with Gasteiger partial charge in [0, 0.05) is 5.92 Å². The average molecular weight is 268 g/mol. The molecule has 2 aromatic carbocycles. The Morgan fingerprint density at radius 3 is 2.40 bits per heavy atom. The van der Waals surface area contributed by atoms with Gasteiger partial charge in [-0.05, 0) is 36.1 Å². The van der Waals surface area contributed by atoms with Crippen molar-refractivity contribution >= 4 is 0 Å². The topological polar surface area (TPSA) is 29.5 Å². The molecule has 1 aliphatic rings. The zero-order valence-electron chi connectivity index (χ0n) is 11.7. The molecule has 2 aromatic rings. The molecule has 0 spiro atoms. The number of aliphatic hydroxyl groups excluding tert-OH is 1. The molecule has 2 heteroatoms. The zero-order chi connectivity index (χ0) is 13.9. The van der Waals surface area contributed by atoms with E-state index in [4.69, 9.17) is 4.74 Å². The van der Waals surface area contributed by atoms with Crippen LogP contribution in [0.25, 0.3) is 0 Å². The van der Waals surface area contributed by atoms with E-state index in [2.05, 4.69) is 19.1 Å². The lowest BCUT2D eigenvalue weighted by molar-refractivity contribution is 0.151. The molecule has 0 heterocycles. The molecule has 0 amide bonds. The third kappa shape index (κ3) is 3.02. The molecule has 0 radical (unpaired) electrons. The number of benzene rings is 2. The van der Waals surface area contributed by atoms with Gasteiger partial charge in [-0.15, -0.1) is 0 Å². The fraction of sp³-hybridized carbons (Fsp3) is 0.333. The number of aliphatic hydroxyl groups is 1. The second-order valence-corrected chi connectivity index (χ2v) is 5.53. The highest BCUT2D eigenvalue weighted by molar-refractivity contribution is 5.33. The smallest absolute Gasteiger partial charge is 0.120 e. The maximum Gasteiger partial charge on any atom is 0.120 e. The zero-order valence-corrected chi connectivity index (χ0v) is 11.7. The molecule has 0 bridgehead atoms. The first-order valence-electron chi connectivity index (χ1n) is 7.23. The van der Waals surface area contributed by atoms with E-state index >= 15 is 0 Å². The lowest BCUT2D eigenvalue weighted by atomic mass is 9.91. The molecule has 0 aliphatic heterocycles. The van der Waals surface area contributed by atoms with Crippen LogP contribution in [0.1, 0.15) is 42.9 Å². The van der Waals surface area contributed by atoms with Crippen LogP contribution in [0.4, 0.5) is 0 Å². The minimum Gasteiger partial charge on any atom is -0.490 e. The van der Waals surface area contributed by atoms with Crippen molar-refractivity contribution in [1.29, 1.82) is 0 Å². The van der Waals surface area contributed by atoms with Crippen molar-refractivity contribution in [1.82, 2.24) is 0 Å². The second-order valence-electron chi connectivity index (χ2n) is 5.53. The molecule has 1 aliphatic carbocycles. The first kappa shape index (κ1) is 13.2. The normalized spacial score (nSPS) is 17.5. The van der Waals surface area contributed by atoms with Gasteiger partial charge < -0.3 is 9.84 Å². The van der Waals surface area contributed by atoms with E-state index in [1.807, 2.05) is 42.5 Å². The van der Waals surface area contributed by atoms with Crippen LogP contribution in [-0.2, 0) is 0 Å². The molecule has 104 valence electrons. The van der Waals surface area contributed by atoms with Crippen molar-refractivity contribution in [2.24, 2.45) is 0 Å². The SMILES string of the molecule is CC(c1ccccc1)C(O)c1cccc(OC2CC2)c1. The largest absolute Gasteiger partial charge is 0.490 e. The van der Waals surface area contributed by atoms with Crippen molar-refractivity contribution in [2.45, 2.75) is 37.9 Å². The summed E-state index contributed by atoms with van der Waals surface area (Å²) in [5, 5.41) is 10.6. The van der Waals surface area contributed by atoms with E-state index < -0.39 is 6.10 Å². The monoisotopic (exact) mass is 268 g/mol. The molecule has 20 heavy (non-hydrogen) atoms. The summed E-state index contributed by atoms with van der Waals surface area (Å²) in [7, 11) is 0. The van der Waals surface area contributed by atoms with Gasteiger partial charge >= 0.3 is 0 Å². The second kappa shape index (κ2) is 5.68. The highest BCUT2D eigenvalue weighted by Gasteiger charge is 2.24. The number of rotatable bonds is 5. The molecule has 0 saturated heterocycles. The fourth-order valence-electron chi connectivity index (χ4n) is 2.38. The van der Waals surface area contributed by atoms with Crippen LogP contribution in [0.2, 0.25) is 0 Å². The highest BCUT2D eigenvalue weighted by Crippen LogP contribution is 2.33. The molecule has 2 unspecified atom stereocenters. The van der Waals surface area contributed by atoms with Gasteiger partial charge in [0.05, 0.1) is 12.2 Å². The maximum absolute atomic E-state index is 10.6. The molecule has 2 nitrogen and oxygen atoms in total. The van der Waals surface area contributed by atoms with Gasteiger partial charge in [-0.1, -0.05) is 49.4 Å². The molecule has 1 saturated carbocycles. The summed E-state index contributed by atoms with van der Waals surface area (Å²) < 4.78 is 5.79. The van der Waals surface area contributed by atoms with Crippen LogP contribution < -0.4 is 4.74 Å². The van der Waals surface area contributed by atoms with Crippen LogP contribution in [0, 0.1) is 0 Å². The van der Waals surface area contributed by atoms with Gasteiger partial charge in [0.2, 0.25) is 0 Å². The van der Waals surface area contributed by atoms with Crippen LogP contribution in [-0.4, -0.2) is 11.2 Å².